The first kappa shape index (κ1) is 25.9. The summed E-state index contributed by atoms with van der Waals surface area (Å²) in [6.07, 6.45) is 0.804. The zero-order valence-corrected chi connectivity index (χ0v) is 21.2. The van der Waals surface area contributed by atoms with Crippen LogP contribution in [0.3, 0.4) is 0 Å². The number of hydrogen-bond donors (Lipinski definition) is 1. The van der Waals surface area contributed by atoms with Crippen molar-refractivity contribution in [1.29, 1.82) is 0 Å². The fourth-order valence-corrected chi connectivity index (χ4v) is 4.71. The van der Waals surface area contributed by atoms with Gasteiger partial charge in [0, 0.05) is 41.6 Å². The molecule has 0 aliphatic carbocycles. The predicted molar refractivity (Wildman–Crippen MR) is 141 cm³/mol. The van der Waals surface area contributed by atoms with Gasteiger partial charge >= 0.3 is 0 Å². The lowest BCUT2D eigenvalue weighted by molar-refractivity contribution is -0.140. The number of carbonyl (C=O) groups excluding carboxylic acids is 2. The minimum Gasteiger partial charge on any atom is -0.355 e. The first-order valence-electron chi connectivity index (χ1n) is 11.5. The molecule has 0 aliphatic heterocycles. The number of thioether (sulfide) groups is 1. The van der Waals surface area contributed by atoms with Crippen molar-refractivity contribution >= 4 is 35.2 Å². The Balaban J connectivity index is 1.82. The molecule has 0 bridgehead atoms. The van der Waals surface area contributed by atoms with Gasteiger partial charge in [-0.1, -0.05) is 66.2 Å². The van der Waals surface area contributed by atoms with E-state index in [9.17, 15) is 9.59 Å². The number of rotatable bonds is 11. The molecule has 0 saturated heterocycles. The number of aryl methyl sites for hydroxylation is 1. The molecule has 2 amide bonds. The van der Waals surface area contributed by atoms with Gasteiger partial charge < -0.3 is 10.2 Å². The molecule has 3 aromatic carbocycles. The number of halogens is 1. The summed E-state index contributed by atoms with van der Waals surface area (Å²) in [5, 5.41) is 3.63. The van der Waals surface area contributed by atoms with Crippen LogP contribution in [0.2, 0.25) is 5.02 Å². The van der Waals surface area contributed by atoms with E-state index in [2.05, 4.69) is 5.32 Å². The average Bonchev–Trinajstić information content (AvgIpc) is 2.84. The van der Waals surface area contributed by atoms with Crippen molar-refractivity contribution in [3.05, 3.63) is 101 Å². The maximum atomic E-state index is 13.6. The van der Waals surface area contributed by atoms with E-state index in [1.165, 1.54) is 0 Å². The topological polar surface area (TPSA) is 49.4 Å². The maximum absolute atomic E-state index is 13.6. The molecule has 1 atom stereocenters. The fourth-order valence-electron chi connectivity index (χ4n) is 3.75. The highest BCUT2D eigenvalue weighted by Gasteiger charge is 2.30. The maximum Gasteiger partial charge on any atom is 0.243 e. The first-order chi connectivity index (χ1) is 16.5. The molecule has 0 heterocycles. The van der Waals surface area contributed by atoms with E-state index in [1.807, 2.05) is 92.7 Å². The number of amides is 2. The van der Waals surface area contributed by atoms with E-state index >= 15 is 0 Å². The Bertz CT molecular complexity index is 1070. The van der Waals surface area contributed by atoms with Crippen molar-refractivity contribution < 1.29 is 9.59 Å². The Morgan fingerprint density at radius 1 is 0.971 bits per heavy atom. The molecule has 6 heteroatoms. The van der Waals surface area contributed by atoms with Crippen LogP contribution in [0.25, 0.3) is 0 Å². The second-order valence-electron chi connectivity index (χ2n) is 8.10. The zero-order chi connectivity index (χ0) is 24.3. The molecule has 0 fully saturated rings. The summed E-state index contributed by atoms with van der Waals surface area (Å²) >= 11 is 7.59. The van der Waals surface area contributed by atoms with Crippen molar-refractivity contribution in [1.82, 2.24) is 10.2 Å². The Morgan fingerprint density at radius 2 is 1.65 bits per heavy atom. The number of likely N-dealkylation sites (N-methyl/N-ethyl adjacent to an activating group) is 1. The highest BCUT2D eigenvalue weighted by Crippen LogP contribution is 2.23. The number of hydrogen-bond acceptors (Lipinski definition) is 3. The molecular formula is C28H31ClN2O2S. The normalized spacial score (nSPS) is 11.6. The quantitative estimate of drug-likeness (QED) is 0.337. The second kappa shape index (κ2) is 13.2. The number of benzene rings is 3. The van der Waals surface area contributed by atoms with Gasteiger partial charge in [-0.3, -0.25) is 9.59 Å². The summed E-state index contributed by atoms with van der Waals surface area (Å²) in [6, 6.07) is 24.9. The Labute approximate surface area is 211 Å². The molecule has 0 spiro atoms. The number of nitrogens with one attached hydrogen (secondary N) is 1. The van der Waals surface area contributed by atoms with Crippen LogP contribution in [0, 0.1) is 6.92 Å². The van der Waals surface area contributed by atoms with Gasteiger partial charge in [0.2, 0.25) is 11.8 Å². The minimum atomic E-state index is -0.588. The summed E-state index contributed by atoms with van der Waals surface area (Å²) in [6.45, 7) is 4.84. The predicted octanol–water partition coefficient (Wildman–Crippen LogP) is 5.91. The molecule has 34 heavy (non-hydrogen) atoms. The van der Waals surface area contributed by atoms with Crippen LogP contribution < -0.4 is 5.32 Å². The van der Waals surface area contributed by atoms with Crippen LogP contribution in [0.15, 0.2) is 83.8 Å². The van der Waals surface area contributed by atoms with Crippen LogP contribution in [-0.2, 0) is 22.6 Å². The largest absolute Gasteiger partial charge is 0.355 e. The Morgan fingerprint density at radius 3 is 2.32 bits per heavy atom. The van der Waals surface area contributed by atoms with Crippen LogP contribution in [0.4, 0.5) is 0 Å². The summed E-state index contributed by atoms with van der Waals surface area (Å²) in [5.41, 5.74) is 3.17. The zero-order valence-electron chi connectivity index (χ0n) is 19.7. The average molecular weight is 495 g/mol. The molecule has 1 N–H and O–H groups in total. The van der Waals surface area contributed by atoms with Gasteiger partial charge in [-0.15, -0.1) is 11.8 Å². The third kappa shape index (κ3) is 7.64. The summed E-state index contributed by atoms with van der Waals surface area (Å²) in [7, 11) is 0. The van der Waals surface area contributed by atoms with Crippen molar-refractivity contribution in [2.75, 3.05) is 12.3 Å². The van der Waals surface area contributed by atoms with Crippen molar-refractivity contribution in [2.24, 2.45) is 0 Å². The first-order valence-corrected chi connectivity index (χ1v) is 12.9. The molecular weight excluding hydrogens is 464 g/mol. The lowest BCUT2D eigenvalue weighted by Gasteiger charge is -2.32. The molecule has 178 valence electrons. The van der Waals surface area contributed by atoms with Gasteiger partial charge in [-0.2, -0.15) is 0 Å². The van der Waals surface area contributed by atoms with Crippen molar-refractivity contribution in [2.45, 2.75) is 44.2 Å². The second-order valence-corrected chi connectivity index (χ2v) is 9.71. The van der Waals surface area contributed by atoms with Gasteiger partial charge in [0.25, 0.3) is 0 Å². The van der Waals surface area contributed by atoms with Gasteiger partial charge in [0.15, 0.2) is 0 Å². The van der Waals surface area contributed by atoms with Gasteiger partial charge in [-0.05, 0) is 54.8 Å². The number of nitrogens with zero attached hydrogens (tertiary/aromatic N) is 1. The van der Waals surface area contributed by atoms with Crippen LogP contribution in [0.1, 0.15) is 30.0 Å². The van der Waals surface area contributed by atoms with E-state index in [0.29, 0.717) is 36.7 Å². The highest BCUT2D eigenvalue weighted by atomic mass is 35.5. The Kier molecular flexibility index (Phi) is 10.0. The lowest BCUT2D eigenvalue weighted by atomic mass is 10.0. The molecule has 0 aromatic heterocycles. The molecule has 0 aliphatic rings. The molecule has 4 nitrogen and oxygen atoms in total. The van der Waals surface area contributed by atoms with Crippen molar-refractivity contribution in [3.63, 3.8) is 0 Å². The smallest absolute Gasteiger partial charge is 0.243 e. The van der Waals surface area contributed by atoms with Crippen LogP contribution in [-0.4, -0.2) is 35.1 Å². The monoisotopic (exact) mass is 494 g/mol. The van der Waals surface area contributed by atoms with E-state index in [1.54, 1.807) is 16.7 Å². The number of carbonyl (C=O) groups is 2. The van der Waals surface area contributed by atoms with Gasteiger partial charge in [0.1, 0.15) is 6.04 Å². The molecule has 0 unspecified atom stereocenters. The summed E-state index contributed by atoms with van der Waals surface area (Å²) in [5.74, 6) is 0.466. The molecule has 0 radical (unpaired) electrons. The SMILES string of the molecule is CCNC(=O)[C@H](Cc1ccccc1)N(Cc1ccccc1C)C(=O)CCSc1ccc(Cl)cc1. The highest BCUT2D eigenvalue weighted by molar-refractivity contribution is 7.99. The third-order valence-corrected chi connectivity index (χ3v) is 6.89. The van der Waals surface area contributed by atoms with Crippen molar-refractivity contribution in [3.8, 4) is 0 Å². The van der Waals surface area contributed by atoms with E-state index in [4.69, 9.17) is 11.6 Å². The summed E-state index contributed by atoms with van der Waals surface area (Å²) in [4.78, 5) is 29.5. The fraction of sp³-hybridized carbons (Fsp3) is 0.286. The van der Waals surface area contributed by atoms with E-state index in [0.717, 1.165) is 21.6 Å². The Hall–Kier alpha value is -2.76. The lowest BCUT2D eigenvalue weighted by Crippen LogP contribution is -2.50. The standard InChI is InChI=1S/C28H31ClN2O2S/c1-3-30-28(33)26(19-22-10-5-4-6-11-22)31(20-23-12-8-7-9-21(23)2)27(32)17-18-34-25-15-13-24(29)14-16-25/h4-16,26H,3,17-20H2,1-2H3,(H,30,33)/t26-/m0/s1. The molecule has 0 saturated carbocycles. The van der Waals surface area contributed by atoms with Gasteiger partial charge in [-0.25, -0.2) is 0 Å². The van der Waals surface area contributed by atoms with E-state index < -0.39 is 6.04 Å². The minimum absolute atomic E-state index is 0.0306. The molecule has 3 rings (SSSR count). The van der Waals surface area contributed by atoms with Crippen LogP contribution in [0.5, 0.6) is 0 Å². The van der Waals surface area contributed by atoms with E-state index in [-0.39, 0.29) is 11.8 Å². The molecule has 3 aromatic rings. The van der Waals surface area contributed by atoms with Crippen LogP contribution >= 0.6 is 23.4 Å². The third-order valence-electron chi connectivity index (χ3n) is 5.62. The van der Waals surface area contributed by atoms with Gasteiger partial charge in [0.05, 0.1) is 0 Å². The summed E-state index contributed by atoms with van der Waals surface area (Å²) < 4.78 is 0.